The average Bonchev–Trinajstić information content (AvgIpc) is 2.40. The number of hydrogen-bond acceptors (Lipinski definition) is 4. The van der Waals surface area contributed by atoms with Crippen molar-refractivity contribution in [3.63, 3.8) is 0 Å². The molecule has 0 radical (unpaired) electrons. The van der Waals surface area contributed by atoms with Crippen LogP contribution in [-0.2, 0) is 14.1 Å². The molecule has 3 atom stereocenters. The number of hydrogen-bond donors (Lipinski definition) is 1. The fourth-order valence-electron chi connectivity index (χ4n) is 1.85. The molecule has 0 bridgehead atoms. The van der Waals surface area contributed by atoms with E-state index in [2.05, 4.69) is 33.9 Å². The van der Waals surface area contributed by atoms with E-state index in [0.717, 1.165) is 0 Å². The molecule has 0 fully saturated rings. The molecule has 0 aromatic rings. The van der Waals surface area contributed by atoms with E-state index >= 15 is 0 Å². The molecular formula is C15H33NO4Si. The number of nitrogens with zero attached hydrogens (tertiary/aromatic N) is 1. The fraction of sp³-hybridized carbons (Fsp3) is 0.933. The van der Waals surface area contributed by atoms with Crippen molar-refractivity contribution in [1.82, 2.24) is 5.06 Å². The molecule has 0 rings (SSSR count). The van der Waals surface area contributed by atoms with Crippen LogP contribution in [0.3, 0.4) is 0 Å². The van der Waals surface area contributed by atoms with Crippen LogP contribution in [0.1, 0.15) is 34.6 Å². The number of amides is 1. The molecule has 0 aromatic heterocycles. The molecule has 0 aromatic carbocycles. The van der Waals surface area contributed by atoms with Crippen LogP contribution in [-0.4, -0.2) is 51.3 Å². The highest BCUT2D eigenvalue weighted by atomic mass is 28.4. The van der Waals surface area contributed by atoms with Crippen LogP contribution in [0.5, 0.6) is 0 Å². The van der Waals surface area contributed by atoms with Crippen LogP contribution < -0.4 is 0 Å². The van der Waals surface area contributed by atoms with Crippen molar-refractivity contribution in [3.8, 4) is 0 Å². The summed E-state index contributed by atoms with van der Waals surface area (Å²) in [5, 5.41) is 10.8. The smallest absolute Gasteiger partial charge is 0.251 e. The molecule has 1 N–H and O–H groups in total. The Morgan fingerprint density at radius 3 is 2.10 bits per heavy atom. The maximum atomic E-state index is 12.3. The molecule has 126 valence electrons. The van der Waals surface area contributed by atoms with Gasteiger partial charge in [-0.25, -0.2) is 5.06 Å². The first kappa shape index (κ1) is 20.6. The van der Waals surface area contributed by atoms with Crippen LogP contribution in [0.15, 0.2) is 0 Å². The Bertz CT molecular complexity index is 341. The SMILES string of the molecule is CON(C)C(=O)[C@H](C)[C@@H](O[Si](C)(C)C(C)(C)C)[C@@H](C)CO. The Morgan fingerprint density at radius 1 is 1.29 bits per heavy atom. The van der Waals surface area contributed by atoms with E-state index in [1.807, 2.05) is 13.8 Å². The molecule has 5 nitrogen and oxygen atoms in total. The topological polar surface area (TPSA) is 59.0 Å². The van der Waals surface area contributed by atoms with Crippen molar-refractivity contribution in [1.29, 1.82) is 0 Å². The van der Waals surface area contributed by atoms with Gasteiger partial charge in [0, 0.05) is 19.6 Å². The molecule has 0 aliphatic rings. The minimum atomic E-state index is -2.02. The second kappa shape index (κ2) is 7.72. The normalized spacial score (nSPS) is 17.2. The zero-order valence-electron chi connectivity index (χ0n) is 15.1. The summed E-state index contributed by atoms with van der Waals surface area (Å²) in [4.78, 5) is 17.3. The summed E-state index contributed by atoms with van der Waals surface area (Å²) < 4.78 is 6.41. The first-order valence-corrected chi connectivity index (χ1v) is 10.4. The summed E-state index contributed by atoms with van der Waals surface area (Å²) in [6.45, 7) is 14.5. The van der Waals surface area contributed by atoms with E-state index < -0.39 is 8.32 Å². The van der Waals surface area contributed by atoms with Crippen LogP contribution in [0, 0.1) is 11.8 Å². The van der Waals surface area contributed by atoms with Crippen LogP contribution >= 0.6 is 0 Å². The van der Waals surface area contributed by atoms with Crippen molar-refractivity contribution in [2.45, 2.75) is 58.9 Å². The predicted molar refractivity (Wildman–Crippen MR) is 87.3 cm³/mol. The van der Waals surface area contributed by atoms with Gasteiger partial charge >= 0.3 is 0 Å². The van der Waals surface area contributed by atoms with Crippen molar-refractivity contribution in [2.24, 2.45) is 11.8 Å². The standard InChI is InChI=1S/C15H33NO4Si/c1-11(10-17)13(12(2)14(18)16(6)19-7)20-21(8,9)15(3,4)5/h11-13,17H,10H2,1-9H3/t11-,12+,13-/m0/s1. The fourth-order valence-corrected chi connectivity index (χ4v) is 3.32. The monoisotopic (exact) mass is 319 g/mol. The number of rotatable bonds is 7. The summed E-state index contributed by atoms with van der Waals surface area (Å²) >= 11 is 0. The van der Waals surface area contributed by atoms with E-state index in [1.165, 1.54) is 12.2 Å². The second-order valence-corrected chi connectivity index (χ2v) is 12.1. The first-order chi connectivity index (χ1) is 9.39. The van der Waals surface area contributed by atoms with Crippen molar-refractivity contribution < 1.29 is 19.2 Å². The Balaban J connectivity index is 5.28. The van der Waals surface area contributed by atoms with Gasteiger partial charge in [0.25, 0.3) is 5.91 Å². The molecule has 0 aliphatic carbocycles. The van der Waals surface area contributed by atoms with Crippen molar-refractivity contribution in [2.75, 3.05) is 20.8 Å². The maximum absolute atomic E-state index is 12.3. The molecule has 0 saturated carbocycles. The minimum Gasteiger partial charge on any atom is -0.413 e. The van der Waals surface area contributed by atoms with E-state index in [-0.39, 0.29) is 35.5 Å². The largest absolute Gasteiger partial charge is 0.413 e. The van der Waals surface area contributed by atoms with Gasteiger partial charge in [0.2, 0.25) is 0 Å². The Hall–Kier alpha value is -0.433. The Labute approximate surface area is 130 Å². The number of aliphatic hydroxyl groups excluding tert-OH is 1. The first-order valence-electron chi connectivity index (χ1n) is 7.49. The molecule has 0 unspecified atom stereocenters. The van der Waals surface area contributed by atoms with Crippen LogP contribution in [0.2, 0.25) is 18.1 Å². The summed E-state index contributed by atoms with van der Waals surface area (Å²) in [5.74, 6) is -0.615. The quantitative estimate of drug-likeness (QED) is 0.579. The minimum absolute atomic E-state index is 0.00634. The van der Waals surface area contributed by atoms with Gasteiger partial charge in [0.15, 0.2) is 8.32 Å². The third-order valence-electron chi connectivity index (χ3n) is 4.55. The third kappa shape index (κ3) is 5.36. The third-order valence-corrected chi connectivity index (χ3v) is 9.03. The van der Waals surface area contributed by atoms with E-state index in [0.29, 0.717) is 0 Å². The van der Waals surface area contributed by atoms with Gasteiger partial charge in [-0.1, -0.05) is 34.6 Å². The van der Waals surface area contributed by atoms with E-state index in [4.69, 9.17) is 9.26 Å². The number of hydroxylamine groups is 2. The molecular weight excluding hydrogens is 286 g/mol. The second-order valence-electron chi connectivity index (χ2n) is 7.31. The van der Waals surface area contributed by atoms with E-state index in [1.54, 1.807) is 7.05 Å². The molecule has 0 spiro atoms. The summed E-state index contributed by atoms with van der Waals surface area (Å²) in [6, 6.07) is 0. The van der Waals surface area contributed by atoms with Gasteiger partial charge in [-0.3, -0.25) is 9.63 Å². The number of carbonyl (C=O) groups is 1. The lowest BCUT2D eigenvalue weighted by Gasteiger charge is -2.42. The van der Waals surface area contributed by atoms with Crippen LogP contribution in [0.25, 0.3) is 0 Å². The highest BCUT2D eigenvalue weighted by Gasteiger charge is 2.43. The molecule has 0 aliphatic heterocycles. The Kier molecular flexibility index (Phi) is 7.56. The van der Waals surface area contributed by atoms with E-state index in [9.17, 15) is 9.90 Å². The zero-order valence-corrected chi connectivity index (χ0v) is 16.1. The molecule has 1 amide bonds. The van der Waals surface area contributed by atoms with Gasteiger partial charge in [-0.15, -0.1) is 0 Å². The predicted octanol–water partition coefficient (Wildman–Crippen LogP) is 2.66. The molecule has 21 heavy (non-hydrogen) atoms. The summed E-state index contributed by atoms with van der Waals surface area (Å²) in [5.41, 5.74) is 0. The average molecular weight is 320 g/mol. The lowest BCUT2D eigenvalue weighted by molar-refractivity contribution is -0.177. The Morgan fingerprint density at radius 2 is 1.76 bits per heavy atom. The van der Waals surface area contributed by atoms with Crippen molar-refractivity contribution in [3.05, 3.63) is 0 Å². The van der Waals surface area contributed by atoms with Gasteiger partial charge in [-0.05, 0) is 18.1 Å². The van der Waals surface area contributed by atoms with Crippen LogP contribution in [0.4, 0.5) is 0 Å². The van der Waals surface area contributed by atoms with Gasteiger partial charge < -0.3 is 9.53 Å². The summed E-state index contributed by atoms with van der Waals surface area (Å²) in [6.07, 6.45) is -0.319. The van der Waals surface area contributed by atoms with Gasteiger partial charge in [-0.2, -0.15) is 0 Å². The zero-order chi connectivity index (χ0) is 17.0. The van der Waals surface area contributed by atoms with Gasteiger partial charge in [0.1, 0.15) is 0 Å². The number of carbonyl (C=O) groups excluding carboxylic acids is 1. The van der Waals surface area contributed by atoms with Gasteiger partial charge in [0.05, 0.1) is 19.1 Å². The molecule has 0 saturated heterocycles. The molecule has 6 heteroatoms. The highest BCUT2D eigenvalue weighted by Crippen LogP contribution is 2.39. The maximum Gasteiger partial charge on any atom is 0.251 e. The van der Waals surface area contributed by atoms with Crippen molar-refractivity contribution >= 4 is 14.2 Å². The molecule has 0 heterocycles. The summed E-state index contributed by atoms with van der Waals surface area (Å²) in [7, 11) is 1.03. The number of aliphatic hydroxyl groups is 1. The lowest BCUT2D eigenvalue weighted by Crippen LogP contribution is -2.50. The lowest BCUT2D eigenvalue weighted by atomic mass is 9.93. The highest BCUT2D eigenvalue weighted by molar-refractivity contribution is 6.74.